The van der Waals surface area contributed by atoms with Crippen molar-refractivity contribution >= 4 is 39.6 Å². The van der Waals surface area contributed by atoms with Gasteiger partial charge in [0.15, 0.2) is 5.13 Å². The summed E-state index contributed by atoms with van der Waals surface area (Å²) in [5.41, 5.74) is 1.83. The molecule has 140 valence electrons. The van der Waals surface area contributed by atoms with E-state index in [1.165, 1.54) is 41.7 Å². The molecular weight excluding hydrogens is 385 g/mol. The number of nitrogens with zero attached hydrogens (tertiary/aromatic N) is 1. The van der Waals surface area contributed by atoms with Crippen LogP contribution in [-0.4, -0.2) is 16.8 Å². The molecule has 0 aliphatic heterocycles. The van der Waals surface area contributed by atoms with E-state index in [1.807, 2.05) is 13.0 Å². The van der Waals surface area contributed by atoms with Gasteiger partial charge in [0, 0.05) is 23.1 Å². The molecule has 1 aromatic carbocycles. The first-order valence-electron chi connectivity index (χ1n) is 8.26. The Kier molecular flexibility index (Phi) is 5.98. The molecule has 2 aromatic heterocycles. The van der Waals surface area contributed by atoms with Crippen LogP contribution in [0.15, 0.2) is 36.4 Å². The first kappa shape index (κ1) is 19.2. The van der Waals surface area contributed by atoms with Crippen molar-refractivity contribution in [3.05, 3.63) is 68.1 Å². The van der Waals surface area contributed by atoms with Crippen LogP contribution in [-0.2, 0) is 17.8 Å². The van der Waals surface area contributed by atoms with Crippen LogP contribution in [0.25, 0.3) is 0 Å². The molecule has 0 unspecified atom stereocenters. The highest BCUT2D eigenvalue weighted by Crippen LogP contribution is 2.26. The van der Waals surface area contributed by atoms with Crippen LogP contribution in [0, 0.1) is 12.7 Å². The molecular formula is C19H18FN3O2S2. The van der Waals surface area contributed by atoms with Crippen molar-refractivity contribution in [1.82, 2.24) is 10.3 Å². The summed E-state index contributed by atoms with van der Waals surface area (Å²) in [5, 5.41) is 6.07. The monoisotopic (exact) mass is 403 g/mol. The molecule has 0 radical (unpaired) electrons. The highest BCUT2D eigenvalue weighted by Gasteiger charge is 2.14. The molecule has 2 N–H and O–H groups in total. The highest BCUT2D eigenvalue weighted by molar-refractivity contribution is 7.16. The summed E-state index contributed by atoms with van der Waals surface area (Å²) < 4.78 is 13.0. The maximum absolute atomic E-state index is 13.0. The number of carbonyl (C=O) groups excluding carboxylic acids is 2. The quantitative estimate of drug-likeness (QED) is 0.650. The zero-order chi connectivity index (χ0) is 19.4. The molecule has 5 nitrogen and oxygen atoms in total. The average molecular weight is 404 g/mol. The Morgan fingerprint density at radius 2 is 1.85 bits per heavy atom. The first-order chi connectivity index (χ1) is 12.9. The molecule has 0 fully saturated rings. The summed E-state index contributed by atoms with van der Waals surface area (Å²) >= 11 is 2.75. The van der Waals surface area contributed by atoms with Crippen LogP contribution in [0.4, 0.5) is 9.52 Å². The number of carbonyl (C=O) groups is 2. The van der Waals surface area contributed by atoms with Crippen LogP contribution in [0.2, 0.25) is 0 Å². The van der Waals surface area contributed by atoms with Gasteiger partial charge in [-0.25, -0.2) is 9.37 Å². The third-order valence-corrected chi connectivity index (χ3v) is 5.94. The van der Waals surface area contributed by atoms with Gasteiger partial charge in [0.05, 0.1) is 17.1 Å². The fourth-order valence-corrected chi connectivity index (χ4v) is 4.23. The second-order valence-corrected chi connectivity index (χ2v) is 8.21. The van der Waals surface area contributed by atoms with Gasteiger partial charge in [0.25, 0.3) is 5.91 Å². The van der Waals surface area contributed by atoms with Gasteiger partial charge >= 0.3 is 0 Å². The molecule has 0 bridgehead atoms. The Morgan fingerprint density at radius 3 is 2.56 bits per heavy atom. The Hall–Kier alpha value is -2.58. The van der Waals surface area contributed by atoms with Crippen molar-refractivity contribution in [2.45, 2.75) is 26.8 Å². The predicted molar refractivity (Wildman–Crippen MR) is 106 cm³/mol. The molecule has 0 saturated carbocycles. The lowest BCUT2D eigenvalue weighted by molar-refractivity contribution is -0.119. The van der Waals surface area contributed by atoms with Gasteiger partial charge in [-0.3, -0.25) is 14.9 Å². The van der Waals surface area contributed by atoms with Gasteiger partial charge in [0.1, 0.15) is 5.82 Å². The van der Waals surface area contributed by atoms with Crippen LogP contribution in [0.3, 0.4) is 0 Å². The zero-order valence-electron chi connectivity index (χ0n) is 14.8. The highest BCUT2D eigenvalue weighted by atomic mass is 32.1. The number of aromatic nitrogens is 1. The lowest BCUT2D eigenvalue weighted by Gasteiger charge is -2.00. The molecule has 3 aromatic rings. The van der Waals surface area contributed by atoms with E-state index >= 15 is 0 Å². The van der Waals surface area contributed by atoms with Crippen LogP contribution >= 0.6 is 22.7 Å². The second kappa shape index (κ2) is 8.41. The number of hydrogen-bond acceptors (Lipinski definition) is 5. The van der Waals surface area contributed by atoms with Gasteiger partial charge in [-0.15, -0.1) is 22.7 Å². The van der Waals surface area contributed by atoms with Crippen molar-refractivity contribution in [3.63, 3.8) is 0 Å². The van der Waals surface area contributed by atoms with E-state index in [1.54, 1.807) is 18.2 Å². The normalized spacial score (nSPS) is 10.6. The topological polar surface area (TPSA) is 71.1 Å². The molecule has 0 spiro atoms. The Balaban J connectivity index is 1.64. The van der Waals surface area contributed by atoms with Crippen LogP contribution in [0.1, 0.15) is 37.6 Å². The van der Waals surface area contributed by atoms with Gasteiger partial charge in [-0.1, -0.05) is 12.1 Å². The number of thiazole rings is 1. The molecule has 0 aliphatic carbocycles. The van der Waals surface area contributed by atoms with Crippen LogP contribution < -0.4 is 10.6 Å². The zero-order valence-corrected chi connectivity index (χ0v) is 16.5. The van der Waals surface area contributed by atoms with Gasteiger partial charge in [0.2, 0.25) is 5.91 Å². The molecule has 27 heavy (non-hydrogen) atoms. The number of hydrogen-bond donors (Lipinski definition) is 2. The van der Waals surface area contributed by atoms with Crippen molar-refractivity contribution in [2.24, 2.45) is 0 Å². The van der Waals surface area contributed by atoms with Gasteiger partial charge in [-0.05, 0) is 36.8 Å². The number of halogens is 1. The number of rotatable bonds is 6. The number of benzene rings is 1. The van der Waals surface area contributed by atoms with Crippen LogP contribution in [0.5, 0.6) is 0 Å². The van der Waals surface area contributed by atoms with Gasteiger partial charge in [-0.2, -0.15) is 0 Å². The average Bonchev–Trinajstić information content (AvgIpc) is 3.22. The fourth-order valence-electron chi connectivity index (χ4n) is 2.40. The summed E-state index contributed by atoms with van der Waals surface area (Å²) in [4.78, 5) is 30.3. The Morgan fingerprint density at radius 1 is 1.11 bits per heavy atom. The van der Waals surface area contributed by atoms with E-state index in [9.17, 15) is 14.0 Å². The first-order valence-corrected chi connectivity index (χ1v) is 9.89. The number of aryl methyl sites for hydroxylation is 1. The van der Waals surface area contributed by atoms with Crippen molar-refractivity contribution in [1.29, 1.82) is 0 Å². The lowest BCUT2D eigenvalue weighted by Crippen LogP contribution is -2.18. The standard InChI is InChI=1S/C19H18FN3O2S2/c1-11-17(9-13-3-5-14(20)6-4-13)27-19(22-11)23-18(25)16-8-7-15(26-16)10-21-12(2)24/h3-8H,9-10H2,1-2H3,(H,21,24)(H,22,23,25). The number of amides is 2. The maximum Gasteiger partial charge on any atom is 0.267 e. The van der Waals surface area contributed by atoms with E-state index in [0.717, 1.165) is 21.0 Å². The fraction of sp³-hybridized carbons (Fsp3) is 0.211. The second-order valence-electron chi connectivity index (χ2n) is 5.96. The molecule has 0 saturated heterocycles. The van der Waals surface area contributed by atoms with Gasteiger partial charge < -0.3 is 5.32 Å². The Bertz CT molecular complexity index is 964. The van der Waals surface area contributed by atoms with E-state index < -0.39 is 0 Å². The Labute approximate surface area is 164 Å². The van der Waals surface area contributed by atoms with E-state index in [4.69, 9.17) is 0 Å². The third-order valence-electron chi connectivity index (χ3n) is 3.79. The summed E-state index contributed by atoms with van der Waals surface area (Å²) in [6.45, 7) is 3.75. The minimum absolute atomic E-state index is 0.110. The molecule has 2 heterocycles. The predicted octanol–water partition coefficient (Wildman–Crippen LogP) is 4.13. The van der Waals surface area contributed by atoms with Crippen molar-refractivity contribution in [2.75, 3.05) is 5.32 Å². The lowest BCUT2D eigenvalue weighted by atomic mass is 10.1. The smallest absolute Gasteiger partial charge is 0.267 e. The summed E-state index contributed by atoms with van der Waals surface area (Å²) in [7, 11) is 0. The summed E-state index contributed by atoms with van der Waals surface area (Å²) in [5.74, 6) is -0.598. The van der Waals surface area contributed by atoms with Crippen molar-refractivity contribution < 1.29 is 14.0 Å². The minimum atomic E-state index is -0.262. The summed E-state index contributed by atoms with van der Waals surface area (Å²) in [6, 6.07) is 9.91. The maximum atomic E-state index is 13.0. The van der Waals surface area contributed by atoms with E-state index in [0.29, 0.717) is 23.0 Å². The molecule has 3 rings (SSSR count). The molecule has 8 heteroatoms. The number of anilines is 1. The SMILES string of the molecule is CC(=O)NCc1ccc(C(=O)Nc2nc(C)c(Cc3ccc(F)cc3)s2)s1. The molecule has 0 aliphatic rings. The molecule has 0 atom stereocenters. The number of nitrogens with one attached hydrogen (secondary N) is 2. The van der Waals surface area contributed by atoms with E-state index in [-0.39, 0.29) is 17.6 Å². The summed E-state index contributed by atoms with van der Waals surface area (Å²) in [6.07, 6.45) is 0.638. The minimum Gasteiger partial charge on any atom is -0.351 e. The van der Waals surface area contributed by atoms with E-state index in [2.05, 4.69) is 15.6 Å². The third kappa shape index (κ3) is 5.21. The molecule has 2 amide bonds. The van der Waals surface area contributed by atoms with Crippen molar-refractivity contribution in [3.8, 4) is 0 Å². The largest absolute Gasteiger partial charge is 0.351 e. The number of thiophene rings is 1.